The predicted molar refractivity (Wildman–Crippen MR) is 88.2 cm³/mol. The van der Waals surface area contributed by atoms with Gasteiger partial charge in [0.15, 0.2) is 0 Å². The third-order valence-corrected chi connectivity index (χ3v) is 4.64. The summed E-state index contributed by atoms with van der Waals surface area (Å²) in [5.41, 5.74) is 2.43. The fourth-order valence-corrected chi connectivity index (χ4v) is 3.29. The zero-order chi connectivity index (χ0) is 15.2. The first-order chi connectivity index (χ1) is 10.2. The minimum atomic E-state index is 0.318. The van der Waals surface area contributed by atoms with Crippen LogP contribution in [-0.4, -0.2) is 23.4 Å². The van der Waals surface area contributed by atoms with Gasteiger partial charge in [0.05, 0.1) is 12.8 Å². The summed E-state index contributed by atoms with van der Waals surface area (Å²) in [4.78, 5) is 1.32. The summed E-state index contributed by atoms with van der Waals surface area (Å²) in [6, 6.07) is 4.67. The van der Waals surface area contributed by atoms with Gasteiger partial charge in [0.2, 0.25) is 0 Å². The van der Waals surface area contributed by atoms with Gasteiger partial charge in [-0.25, -0.2) is 0 Å². The van der Waals surface area contributed by atoms with Crippen LogP contribution in [0.3, 0.4) is 0 Å². The molecule has 0 aliphatic carbocycles. The van der Waals surface area contributed by atoms with E-state index in [9.17, 15) is 0 Å². The number of nitrogens with one attached hydrogen (secondary N) is 1. The van der Waals surface area contributed by atoms with E-state index >= 15 is 0 Å². The second kappa shape index (κ2) is 7.61. The molecule has 0 amide bonds. The summed E-state index contributed by atoms with van der Waals surface area (Å²) in [5.74, 6) is 0.942. The number of methoxy groups -OCH3 is 1. The van der Waals surface area contributed by atoms with Gasteiger partial charge >= 0.3 is 0 Å². The van der Waals surface area contributed by atoms with E-state index in [1.54, 1.807) is 18.4 Å². The lowest BCUT2D eigenvalue weighted by atomic mass is 10.1. The lowest BCUT2D eigenvalue weighted by Crippen LogP contribution is -2.24. The summed E-state index contributed by atoms with van der Waals surface area (Å²) in [6.45, 7) is 5.35. The van der Waals surface area contributed by atoms with Crippen LogP contribution >= 0.6 is 11.3 Å². The van der Waals surface area contributed by atoms with Gasteiger partial charge in [-0.1, -0.05) is 13.8 Å². The fraction of sp³-hybridized carbons (Fsp3) is 0.562. The Morgan fingerprint density at radius 1 is 1.38 bits per heavy atom. The zero-order valence-corrected chi connectivity index (χ0v) is 14.2. The molecular weight excluding hydrogens is 282 g/mol. The average molecular weight is 307 g/mol. The number of rotatable bonds is 8. The first kappa shape index (κ1) is 16.0. The minimum absolute atomic E-state index is 0.318. The Bertz CT molecular complexity index is 562. The van der Waals surface area contributed by atoms with Crippen LogP contribution in [0.4, 0.5) is 0 Å². The van der Waals surface area contributed by atoms with Crippen LogP contribution in [0.1, 0.15) is 42.6 Å². The highest BCUT2D eigenvalue weighted by molar-refractivity contribution is 7.10. The molecule has 2 rings (SSSR count). The molecule has 4 nitrogen and oxygen atoms in total. The third-order valence-electron chi connectivity index (χ3n) is 3.62. The van der Waals surface area contributed by atoms with E-state index in [4.69, 9.17) is 4.74 Å². The number of aromatic nitrogens is 2. The van der Waals surface area contributed by atoms with Crippen molar-refractivity contribution in [2.75, 3.05) is 13.7 Å². The van der Waals surface area contributed by atoms with Crippen LogP contribution in [0.25, 0.3) is 0 Å². The smallest absolute Gasteiger partial charge is 0.129 e. The van der Waals surface area contributed by atoms with Crippen molar-refractivity contribution in [3.8, 4) is 5.75 Å². The monoisotopic (exact) mass is 307 g/mol. The van der Waals surface area contributed by atoms with E-state index in [0.29, 0.717) is 6.04 Å². The van der Waals surface area contributed by atoms with Gasteiger partial charge in [-0.3, -0.25) is 4.68 Å². The quantitative estimate of drug-likeness (QED) is 0.813. The molecule has 0 aliphatic heterocycles. The van der Waals surface area contributed by atoms with Gasteiger partial charge in [0, 0.05) is 35.5 Å². The average Bonchev–Trinajstić information content (AvgIpc) is 3.10. The Hall–Kier alpha value is -1.33. The standard InChI is InChI=1S/C16H25N3OS/c1-5-7-17-15(16-10-14(20-4)11-21-16)9-13-8-12(6-2)18-19(13)3/h8,10-11,15,17H,5-7,9H2,1-4H3. The number of hydrogen-bond acceptors (Lipinski definition) is 4. The minimum Gasteiger partial charge on any atom is -0.496 e. The molecule has 1 atom stereocenters. The molecule has 5 heteroatoms. The summed E-state index contributed by atoms with van der Waals surface area (Å²) in [5, 5.41) is 10.3. The number of nitrogens with zero attached hydrogens (tertiary/aromatic N) is 2. The summed E-state index contributed by atoms with van der Waals surface area (Å²) in [7, 11) is 3.75. The van der Waals surface area contributed by atoms with E-state index in [0.717, 1.165) is 37.3 Å². The first-order valence-electron chi connectivity index (χ1n) is 7.55. The van der Waals surface area contributed by atoms with Crippen molar-refractivity contribution in [3.05, 3.63) is 33.8 Å². The SMILES string of the molecule is CCCNC(Cc1cc(CC)nn1C)c1cc(OC)cs1. The van der Waals surface area contributed by atoms with Crippen LogP contribution in [0.15, 0.2) is 17.5 Å². The highest BCUT2D eigenvalue weighted by atomic mass is 32.1. The van der Waals surface area contributed by atoms with E-state index in [1.165, 1.54) is 10.6 Å². The predicted octanol–water partition coefficient (Wildman–Crippen LogP) is 3.34. The maximum absolute atomic E-state index is 5.31. The van der Waals surface area contributed by atoms with E-state index < -0.39 is 0 Å². The van der Waals surface area contributed by atoms with Crippen molar-refractivity contribution >= 4 is 11.3 Å². The third kappa shape index (κ3) is 4.08. The van der Waals surface area contributed by atoms with Gasteiger partial charge in [-0.15, -0.1) is 11.3 Å². The Morgan fingerprint density at radius 2 is 2.19 bits per heavy atom. The van der Waals surface area contributed by atoms with Crippen molar-refractivity contribution in [2.24, 2.45) is 7.05 Å². The van der Waals surface area contributed by atoms with Crippen LogP contribution in [-0.2, 0) is 19.9 Å². The van der Waals surface area contributed by atoms with Crippen molar-refractivity contribution in [1.29, 1.82) is 0 Å². The van der Waals surface area contributed by atoms with Crippen molar-refractivity contribution in [1.82, 2.24) is 15.1 Å². The highest BCUT2D eigenvalue weighted by Gasteiger charge is 2.17. The first-order valence-corrected chi connectivity index (χ1v) is 8.43. The molecule has 2 heterocycles. The maximum Gasteiger partial charge on any atom is 0.129 e. The molecule has 1 unspecified atom stereocenters. The number of ether oxygens (including phenoxy) is 1. The van der Waals surface area contributed by atoms with Crippen LogP contribution in [0.2, 0.25) is 0 Å². The van der Waals surface area contributed by atoms with Crippen LogP contribution < -0.4 is 10.1 Å². The molecule has 116 valence electrons. The number of aryl methyl sites for hydroxylation is 2. The summed E-state index contributed by atoms with van der Waals surface area (Å²) in [6.07, 6.45) is 3.06. The van der Waals surface area contributed by atoms with Crippen molar-refractivity contribution < 1.29 is 4.74 Å². The molecule has 2 aromatic rings. The molecule has 0 saturated heterocycles. The molecule has 0 radical (unpaired) electrons. The van der Waals surface area contributed by atoms with Gasteiger partial charge < -0.3 is 10.1 Å². The van der Waals surface area contributed by atoms with Gasteiger partial charge in [0.25, 0.3) is 0 Å². The van der Waals surface area contributed by atoms with Crippen molar-refractivity contribution in [2.45, 2.75) is 39.2 Å². The molecule has 2 aromatic heterocycles. The molecule has 21 heavy (non-hydrogen) atoms. The largest absolute Gasteiger partial charge is 0.496 e. The topological polar surface area (TPSA) is 39.1 Å². The fourth-order valence-electron chi connectivity index (χ4n) is 2.36. The second-order valence-electron chi connectivity index (χ2n) is 5.20. The van der Waals surface area contributed by atoms with E-state index in [-0.39, 0.29) is 0 Å². The van der Waals surface area contributed by atoms with Crippen LogP contribution in [0, 0.1) is 0 Å². The van der Waals surface area contributed by atoms with E-state index in [1.807, 2.05) is 11.7 Å². The lowest BCUT2D eigenvalue weighted by Gasteiger charge is -2.17. The highest BCUT2D eigenvalue weighted by Crippen LogP contribution is 2.29. The molecule has 1 N–H and O–H groups in total. The second-order valence-corrected chi connectivity index (χ2v) is 6.15. The van der Waals surface area contributed by atoms with Crippen LogP contribution in [0.5, 0.6) is 5.75 Å². The number of thiophene rings is 1. The molecule has 0 aliphatic rings. The Balaban J connectivity index is 2.16. The zero-order valence-electron chi connectivity index (χ0n) is 13.3. The molecule has 0 saturated carbocycles. The molecular formula is C16H25N3OS. The molecule has 0 bridgehead atoms. The molecule has 0 spiro atoms. The molecule has 0 aromatic carbocycles. The van der Waals surface area contributed by atoms with Crippen molar-refractivity contribution in [3.63, 3.8) is 0 Å². The van der Waals surface area contributed by atoms with Gasteiger partial charge in [0.1, 0.15) is 5.75 Å². The summed E-state index contributed by atoms with van der Waals surface area (Å²) < 4.78 is 7.31. The van der Waals surface area contributed by atoms with Gasteiger partial charge in [-0.2, -0.15) is 5.10 Å². The Morgan fingerprint density at radius 3 is 2.76 bits per heavy atom. The molecule has 0 fully saturated rings. The maximum atomic E-state index is 5.31. The Labute approximate surface area is 131 Å². The lowest BCUT2D eigenvalue weighted by molar-refractivity contribution is 0.415. The van der Waals surface area contributed by atoms with Gasteiger partial charge in [-0.05, 0) is 31.5 Å². The normalized spacial score (nSPS) is 12.6. The summed E-state index contributed by atoms with van der Waals surface area (Å²) >= 11 is 1.75. The Kier molecular flexibility index (Phi) is 5.82. The number of hydrogen-bond donors (Lipinski definition) is 1. The van der Waals surface area contributed by atoms with E-state index in [2.05, 4.69) is 41.8 Å².